The summed E-state index contributed by atoms with van der Waals surface area (Å²) < 4.78 is 0. The fraction of sp³-hybridized carbons (Fsp3) is 0.667. The van der Waals surface area contributed by atoms with Crippen LogP contribution in [0, 0.1) is 0 Å². The minimum absolute atomic E-state index is 0.665. The van der Waals surface area contributed by atoms with Crippen LogP contribution in [0.1, 0.15) is 44.9 Å². The van der Waals surface area contributed by atoms with Crippen molar-refractivity contribution in [2.24, 2.45) is 0 Å². The molecule has 1 saturated carbocycles. The van der Waals surface area contributed by atoms with Crippen LogP contribution in [0.25, 0.3) is 0 Å². The standard InChI is InChI=1S/C18H26N2S/c1-2-7-14(6-1)21-18-10-4-3-8-16(18)19-15-11-13-20-12-5-9-17(15)20/h3-4,8,10,14-15,17,19H,1-2,5-7,9,11-13H2. The summed E-state index contributed by atoms with van der Waals surface area (Å²) in [5.41, 5.74) is 1.38. The van der Waals surface area contributed by atoms with Crippen molar-refractivity contribution in [3.8, 4) is 0 Å². The SMILES string of the molecule is c1ccc(SC2CCCC2)c(NC2CCN3CCCC23)c1. The first kappa shape index (κ1) is 14.0. The third-order valence-corrected chi connectivity index (χ3v) is 6.84. The van der Waals surface area contributed by atoms with Gasteiger partial charge in [0, 0.05) is 34.5 Å². The summed E-state index contributed by atoms with van der Waals surface area (Å²) in [4.78, 5) is 4.16. The lowest BCUT2D eigenvalue weighted by atomic mass is 10.1. The lowest BCUT2D eigenvalue weighted by molar-refractivity contribution is 0.318. The van der Waals surface area contributed by atoms with E-state index in [4.69, 9.17) is 0 Å². The van der Waals surface area contributed by atoms with Crippen LogP contribution in [-0.2, 0) is 0 Å². The molecule has 114 valence electrons. The van der Waals surface area contributed by atoms with Crippen molar-refractivity contribution >= 4 is 17.4 Å². The predicted octanol–water partition coefficient (Wildman–Crippen LogP) is 4.37. The normalized spacial score (nSPS) is 29.9. The van der Waals surface area contributed by atoms with Gasteiger partial charge in [-0.15, -0.1) is 11.8 Å². The van der Waals surface area contributed by atoms with E-state index in [-0.39, 0.29) is 0 Å². The van der Waals surface area contributed by atoms with E-state index < -0.39 is 0 Å². The zero-order valence-electron chi connectivity index (χ0n) is 12.8. The number of anilines is 1. The first-order valence-electron chi connectivity index (χ1n) is 8.66. The molecule has 0 radical (unpaired) electrons. The molecule has 0 spiro atoms. The molecule has 3 aliphatic rings. The van der Waals surface area contributed by atoms with Gasteiger partial charge in [-0.1, -0.05) is 25.0 Å². The Labute approximate surface area is 132 Å². The summed E-state index contributed by atoms with van der Waals surface area (Å²) in [7, 11) is 0. The highest BCUT2D eigenvalue weighted by Crippen LogP contribution is 2.39. The highest BCUT2D eigenvalue weighted by atomic mass is 32.2. The molecular formula is C18H26N2S. The third kappa shape index (κ3) is 2.95. The topological polar surface area (TPSA) is 15.3 Å². The van der Waals surface area contributed by atoms with Crippen molar-refractivity contribution in [1.29, 1.82) is 0 Å². The van der Waals surface area contributed by atoms with Crippen molar-refractivity contribution in [2.75, 3.05) is 18.4 Å². The van der Waals surface area contributed by atoms with Crippen LogP contribution in [0.15, 0.2) is 29.2 Å². The summed E-state index contributed by atoms with van der Waals surface area (Å²) in [5.74, 6) is 0. The zero-order chi connectivity index (χ0) is 14.1. The van der Waals surface area contributed by atoms with Gasteiger partial charge in [0.2, 0.25) is 0 Å². The fourth-order valence-electron chi connectivity index (χ4n) is 4.33. The molecule has 4 rings (SSSR count). The van der Waals surface area contributed by atoms with E-state index in [1.54, 1.807) is 0 Å². The maximum absolute atomic E-state index is 3.89. The van der Waals surface area contributed by atoms with Gasteiger partial charge in [0.25, 0.3) is 0 Å². The second-order valence-corrected chi connectivity index (χ2v) is 8.15. The molecule has 2 heterocycles. The summed E-state index contributed by atoms with van der Waals surface area (Å²) in [5, 5.41) is 4.74. The molecular weight excluding hydrogens is 276 g/mol. The Morgan fingerprint density at radius 2 is 1.81 bits per heavy atom. The molecule has 1 aromatic carbocycles. The van der Waals surface area contributed by atoms with Crippen LogP contribution in [0.5, 0.6) is 0 Å². The van der Waals surface area contributed by atoms with Crippen molar-refractivity contribution in [3.05, 3.63) is 24.3 Å². The molecule has 1 N–H and O–H groups in total. The van der Waals surface area contributed by atoms with Gasteiger partial charge in [-0.25, -0.2) is 0 Å². The maximum atomic E-state index is 3.89. The van der Waals surface area contributed by atoms with E-state index in [1.165, 1.54) is 68.6 Å². The first-order chi connectivity index (χ1) is 10.4. The highest BCUT2D eigenvalue weighted by Gasteiger charge is 2.37. The molecule has 0 amide bonds. The summed E-state index contributed by atoms with van der Waals surface area (Å²) in [6.07, 6.45) is 9.74. The second kappa shape index (κ2) is 6.21. The Balaban J connectivity index is 1.46. The number of hydrogen-bond acceptors (Lipinski definition) is 3. The number of nitrogens with one attached hydrogen (secondary N) is 1. The Hall–Kier alpha value is -0.670. The molecule has 2 nitrogen and oxygen atoms in total. The number of thioether (sulfide) groups is 1. The van der Waals surface area contributed by atoms with Gasteiger partial charge in [0.1, 0.15) is 0 Å². The van der Waals surface area contributed by atoms with Crippen molar-refractivity contribution < 1.29 is 0 Å². The molecule has 2 atom stereocenters. The van der Waals surface area contributed by atoms with Crippen molar-refractivity contribution in [3.63, 3.8) is 0 Å². The molecule has 0 bridgehead atoms. The highest BCUT2D eigenvalue weighted by molar-refractivity contribution is 8.00. The van der Waals surface area contributed by atoms with Crippen LogP contribution in [0.2, 0.25) is 0 Å². The molecule has 3 heteroatoms. The molecule has 3 fully saturated rings. The van der Waals surface area contributed by atoms with Gasteiger partial charge >= 0.3 is 0 Å². The van der Waals surface area contributed by atoms with E-state index in [9.17, 15) is 0 Å². The third-order valence-electron chi connectivity index (χ3n) is 5.43. The quantitative estimate of drug-likeness (QED) is 0.889. The largest absolute Gasteiger partial charge is 0.380 e. The average Bonchev–Trinajstić information content (AvgIpc) is 3.20. The first-order valence-corrected chi connectivity index (χ1v) is 9.54. The smallest absolute Gasteiger partial charge is 0.0481 e. The van der Waals surface area contributed by atoms with E-state index in [0.717, 1.165) is 11.3 Å². The lowest BCUT2D eigenvalue weighted by Crippen LogP contribution is -2.33. The predicted molar refractivity (Wildman–Crippen MR) is 91.2 cm³/mol. The van der Waals surface area contributed by atoms with Gasteiger partial charge in [0.05, 0.1) is 0 Å². The molecule has 2 saturated heterocycles. The van der Waals surface area contributed by atoms with Gasteiger partial charge in [-0.3, -0.25) is 4.90 Å². The van der Waals surface area contributed by atoms with Crippen LogP contribution in [0.3, 0.4) is 0 Å². The van der Waals surface area contributed by atoms with Gasteiger partial charge < -0.3 is 5.32 Å². The average molecular weight is 302 g/mol. The monoisotopic (exact) mass is 302 g/mol. The van der Waals surface area contributed by atoms with E-state index in [1.807, 2.05) is 0 Å². The molecule has 0 aromatic heterocycles. The van der Waals surface area contributed by atoms with Gasteiger partial charge in [-0.2, -0.15) is 0 Å². The van der Waals surface area contributed by atoms with Crippen LogP contribution >= 0.6 is 11.8 Å². The minimum atomic E-state index is 0.665. The molecule has 2 aliphatic heterocycles. The lowest BCUT2D eigenvalue weighted by Gasteiger charge is -2.24. The number of benzene rings is 1. The number of rotatable bonds is 4. The molecule has 1 aliphatic carbocycles. The van der Waals surface area contributed by atoms with Gasteiger partial charge in [0.15, 0.2) is 0 Å². The zero-order valence-corrected chi connectivity index (χ0v) is 13.6. The summed E-state index contributed by atoms with van der Waals surface area (Å²) in [6, 6.07) is 10.4. The Morgan fingerprint density at radius 1 is 0.952 bits per heavy atom. The number of nitrogens with zero attached hydrogens (tertiary/aromatic N) is 1. The molecule has 1 aromatic rings. The van der Waals surface area contributed by atoms with Crippen molar-refractivity contribution in [2.45, 2.75) is 67.2 Å². The van der Waals surface area contributed by atoms with E-state index in [2.05, 4.69) is 46.2 Å². The van der Waals surface area contributed by atoms with Crippen LogP contribution in [0.4, 0.5) is 5.69 Å². The summed E-state index contributed by atoms with van der Waals surface area (Å²) >= 11 is 2.11. The summed E-state index contributed by atoms with van der Waals surface area (Å²) in [6.45, 7) is 2.61. The van der Waals surface area contributed by atoms with E-state index >= 15 is 0 Å². The number of para-hydroxylation sites is 1. The Kier molecular flexibility index (Phi) is 4.13. The molecule has 21 heavy (non-hydrogen) atoms. The minimum Gasteiger partial charge on any atom is -0.380 e. The van der Waals surface area contributed by atoms with Crippen LogP contribution in [-0.4, -0.2) is 35.3 Å². The molecule has 2 unspecified atom stereocenters. The van der Waals surface area contributed by atoms with E-state index in [0.29, 0.717) is 6.04 Å². The maximum Gasteiger partial charge on any atom is 0.0481 e. The number of hydrogen-bond donors (Lipinski definition) is 1. The fourth-order valence-corrected chi connectivity index (χ4v) is 5.66. The Morgan fingerprint density at radius 3 is 2.71 bits per heavy atom. The number of fused-ring (bicyclic) bond motifs is 1. The van der Waals surface area contributed by atoms with Crippen molar-refractivity contribution in [1.82, 2.24) is 4.90 Å². The second-order valence-electron chi connectivity index (χ2n) is 6.81. The van der Waals surface area contributed by atoms with Gasteiger partial charge in [-0.05, 0) is 50.8 Å². The Bertz CT molecular complexity index is 484. The van der Waals surface area contributed by atoms with Crippen LogP contribution < -0.4 is 5.32 Å².